The summed E-state index contributed by atoms with van der Waals surface area (Å²) in [6.07, 6.45) is -0.607. The molecule has 0 fully saturated rings. The lowest BCUT2D eigenvalue weighted by Gasteiger charge is -2.17. The van der Waals surface area contributed by atoms with Gasteiger partial charge in [0.25, 0.3) is 0 Å². The van der Waals surface area contributed by atoms with Gasteiger partial charge in [-0.15, -0.1) is 0 Å². The standard InChI is InChI=1S/C8H17O4/c1-2-3-6(10)4-7(11)8(12)5-9/h6-7,9-12H,2-5H2,1H3. The van der Waals surface area contributed by atoms with E-state index in [4.69, 9.17) is 15.3 Å². The summed E-state index contributed by atoms with van der Waals surface area (Å²) in [5.74, 6) is 0. The van der Waals surface area contributed by atoms with Crippen molar-refractivity contribution in [1.29, 1.82) is 0 Å². The molecule has 0 saturated heterocycles. The molecule has 0 aromatic carbocycles. The van der Waals surface area contributed by atoms with Gasteiger partial charge in [0.15, 0.2) is 0 Å². The van der Waals surface area contributed by atoms with Crippen LogP contribution in [0, 0.1) is 6.10 Å². The summed E-state index contributed by atoms with van der Waals surface area (Å²) in [4.78, 5) is 0. The zero-order valence-electron chi connectivity index (χ0n) is 7.27. The van der Waals surface area contributed by atoms with Crippen LogP contribution in [0.4, 0.5) is 0 Å². The second-order valence-electron chi connectivity index (χ2n) is 2.84. The van der Waals surface area contributed by atoms with Gasteiger partial charge in [-0.05, 0) is 6.42 Å². The first-order valence-electron chi connectivity index (χ1n) is 4.13. The Morgan fingerprint density at radius 2 is 1.92 bits per heavy atom. The van der Waals surface area contributed by atoms with Crippen molar-refractivity contribution >= 4 is 0 Å². The Bertz CT molecular complexity index is 107. The van der Waals surface area contributed by atoms with E-state index in [1.54, 1.807) is 0 Å². The maximum Gasteiger partial charge on any atom is 0.147 e. The molecule has 4 N–H and O–H groups in total. The highest BCUT2D eigenvalue weighted by atomic mass is 16.4. The minimum atomic E-state index is -1.11. The first kappa shape index (κ1) is 11.8. The Hall–Kier alpha value is -0.160. The van der Waals surface area contributed by atoms with E-state index >= 15 is 0 Å². The van der Waals surface area contributed by atoms with E-state index in [0.717, 1.165) is 6.42 Å². The van der Waals surface area contributed by atoms with Gasteiger partial charge in [-0.25, -0.2) is 0 Å². The summed E-state index contributed by atoms with van der Waals surface area (Å²) >= 11 is 0. The predicted octanol–water partition coefficient (Wildman–Crippen LogP) is -0.205. The Kier molecular flexibility index (Phi) is 6.28. The number of hydrogen-bond acceptors (Lipinski definition) is 4. The highest BCUT2D eigenvalue weighted by molar-refractivity contribution is 4.85. The van der Waals surface area contributed by atoms with Gasteiger partial charge in [0.2, 0.25) is 0 Å². The van der Waals surface area contributed by atoms with Crippen molar-refractivity contribution in [2.24, 2.45) is 0 Å². The molecular weight excluding hydrogens is 160 g/mol. The van der Waals surface area contributed by atoms with E-state index in [0.29, 0.717) is 6.42 Å². The first-order chi connectivity index (χ1) is 5.61. The van der Waals surface area contributed by atoms with Crippen molar-refractivity contribution in [3.8, 4) is 0 Å². The fourth-order valence-corrected chi connectivity index (χ4v) is 0.950. The Balaban J connectivity index is 3.59. The quantitative estimate of drug-likeness (QED) is 0.453. The van der Waals surface area contributed by atoms with Crippen LogP contribution in [0.2, 0.25) is 0 Å². The van der Waals surface area contributed by atoms with Gasteiger partial charge in [0, 0.05) is 6.42 Å². The molecule has 0 spiro atoms. The second kappa shape index (κ2) is 6.37. The molecule has 0 aliphatic rings. The zero-order valence-corrected chi connectivity index (χ0v) is 7.27. The third-order valence-electron chi connectivity index (χ3n) is 1.66. The van der Waals surface area contributed by atoms with E-state index in [9.17, 15) is 5.11 Å². The maximum absolute atomic E-state index is 9.20. The Labute approximate surface area is 72.5 Å². The van der Waals surface area contributed by atoms with Crippen molar-refractivity contribution in [3.63, 3.8) is 0 Å². The smallest absolute Gasteiger partial charge is 0.147 e. The monoisotopic (exact) mass is 177 g/mol. The molecule has 12 heavy (non-hydrogen) atoms. The molecule has 0 saturated carbocycles. The van der Waals surface area contributed by atoms with Crippen LogP contribution in [-0.4, -0.2) is 39.2 Å². The van der Waals surface area contributed by atoms with Crippen LogP contribution in [0.3, 0.4) is 0 Å². The van der Waals surface area contributed by atoms with E-state index < -0.39 is 18.8 Å². The summed E-state index contributed by atoms with van der Waals surface area (Å²) < 4.78 is 0. The van der Waals surface area contributed by atoms with Gasteiger partial charge in [-0.3, -0.25) is 0 Å². The molecule has 0 heterocycles. The molecular formula is C8H17O4. The fourth-order valence-electron chi connectivity index (χ4n) is 0.950. The molecule has 4 heteroatoms. The van der Waals surface area contributed by atoms with Crippen LogP contribution in [-0.2, 0) is 0 Å². The lowest BCUT2D eigenvalue weighted by Crippen LogP contribution is -2.26. The average Bonchev–Trinajstić information content (AvgIpc) is 2.03. The molecule has 2 atom stereocenters. The Morgan fingerprint density at radius 1 is 1.33 bits per heavy atom. The van der Waals surface area contributed by atoms with Gasteiger partial charge in [0.05, 0.1) is 18.8 Å². The van der Waals surface area contributed by atoms with Gasteiger partial charge in [0.1, 0.15) is 6.10 Å². The van der Waals surface area contributed by atoms with Gasteiger partial charge >= 0.3 is 0 Å². The normalized spacial score (nSPS) is 16.5. The molecule has 0 bridgehead atoms. The molecule has 1 radical (unpaired) electrons. The van der Waals surface area contributed by atoms with Crippen LogP contribution in [0.25, 0.3) is 0 Å². The van der Waals surface area contributed by atoms with Crippen molar-refractivity contribution < 1.29 is 20.4 Å². The highest BCUT2D eigenvalue weighted by Crippen LogP contribution is 2.11. The number of aliphatic hydroxyl groups is 4. The molecule has 2 unspecified atom stereocenters. The molecule has 0 aliphatic heterocycles. The van der Waals surface area contributed by atoms with Crippen molar-refractivity contribution in [2.75, 3.05) is 6.61 Å². The van der Waals surface area contributed by atoms with Gasteiger partial charge in [-0.1, -0.05) is 13.3 Å². The summed E-state index contributed by atoms with van der Waals surface area (Å²) in [7, 11) is 0. The SMILES string of the molecule is CCCC(O)CC(O)[C](O)CO. The lowest BCUT2D eigenvalue weighted by atomic mass is 10.0. The fraction of sp³-hybridized carbons (Fsp3) is 0.875. The van der Waals surface area contributed by atoms with Crippen LogP contribution < -0.4 is 0 Å². The largest absolute Gasteiger partial charge is 0.393 e. The van der Waals surface area contributed by atoms with Crippen molar-refractivity contribution in [3.05, 3.63) is 6.10 Å². The summed E-state index contributed by atoms with van der Waals surface area (Å²) in [5.41, 5.74) is 0. The van der Waals surface area contributed by atoms with Crippen LogP contribution in [0.15, 0.2) is 0 Å². The molecule has 0 aromatic rings. The lowest BCUT2D eigenvalue weighted by molar-refractivity contribution is 0.0227. The van der Waals surface area contributed by atoms with Crippen LogP contribution in [0.5, 0.6) is 0 Å². The number of hydrogen-bond donors (Lipinski definition) is 4. The van der Waals surface area contributed by atoms with Crippen LogP contribution in [0.1, 0.15) is 26.2 Å². The summed E-state index contributed by atoms with van der Waals surface area (Å²) in [5, 5.41) is 35.6. The molecule has 0 aromatic heterocycles. The summed E-state index contributed by atoms with van der Waals surface area (Å²) in [6, 6.07) is 0. The number of aliphatic hydroxyl groups excluding tert-OH is 4. The molecule has 73 valence electrons. The van der Waals surface area contributed by atoms with E-state index in [1.165, 1.54) is 0 Å². The van der Waals surface area contributed by atoms with Gasteiger partial charge in [-0.2, -0.15) is 0 Å². The van der Waals surface area contributed by atoms with E-state index in [-0.39, 0.29) is 12.5 Å². The number of rotatable bonds is 6. The Morgan fingerprint density at radius 3 is 2.33 bits per heavy atom. The van der Waals surface area contributed by atoms with Crippen LogP contribution >= 0.6 is 0 Å². The van der Waals surface area contributed by atoms with Crippen molar-refractivity contribution in [1.82, 2.24) is 0 Å². The molecule has 0 amide bonds. The maximum atomic E-state index is 9.20. The molecule has 4 nitrogen and oxygen atoms in total. The highest BCUT2D eigenvalue weighted by Gasteiger charge is 2.19. The topological polar surface area (TPSA) is 80.9 Å². The van der Waals surface area contributed by atoms with Gasteiger partial charge < -0.3 is 20.4 Å². The summed E-state index contributed by atoms with van der Waals surface area (Å²) in [6.45, 7) is 1.37. The minimum absolute atomic E-state index is 0.0836. The predicted molar refractivity (Wildman–Crippen MR) is 43.8 cm³/mol. The third-order valence-corrected chi connectivity index (χ3v) is 1.66. The van der Waals surface area contributed by atoms with E-state index in [2.05, 4.69) is 0 Å². The second-order valence-corrected chi connectivity index (χ2v) is 2.84. The molecule has 0 rings (SSSR count). The first-order valence-corrected chi connectivity index (χ1v) is 4.13. The third kappa shape index (κ3) is 4.66. The van der Waals surface area contributed by atoms with Crippen molar-refractivity contribution in [2.45, 2.75) is 38.4 Å². The minimum Gasteiger partial charge on any atom is -0.393 e. The van der Waals surface area contributed by atoms with E-state index in [1.807, 2.05) is 6.92 Å². The average molecular weight is 177 g/mol. The zero-order chi connectivity index (χ0) is 9.56. The molecule has 0 aliphatic carbocycles.